The van der Waals surface area contributed by atoms with Crippen LogP contribution in [0.5, 0.6) is 5.75 Å². The number of ether oxygens (including phenoxy) is 1. The standard InChI is InChI=1S/C24H31ClN2O3S/c1-26(31(28,29)24-15-9-21(25)10-16-24)22-11-13-23(14-12-22)30-20-8-3-2-5-17-27-18-6-4-7-19-27/h4,6,9-16H,2-3,5,7-8,17-20H2,1H3. The van der Waals surface area contributed by atoms with Crippen LogP contribution >= 0.6 is 11.6 Å². The number of unbranched alkanes of at least 4 members (excludes halogenated alkanes) is 3. The maximum atomic E-state index is 12.8. The van der Waals surface area contributed by atoms with Gasteiger partial charge in [-0.15, -0.1) is 0 Å². The van der Waals surface area contributed by atoms with E-state index in [1.54, 1.807) is 31.3 Å². The molecule has 0 saturated carbocycles. The van der Waals surface area contributed by atoms with Gasteiger partial charge in [-0.25, -0.2) is 8.42 Å². The molecule has 1 heterocycles. The Kier molecular flexibility index (Phi) is 8.81. The summed E-state index contributed by atoms with van der Waals surface area (Å²) in [6, 6.07) is 13.3. The monoisotopic (exact) mass is 462 g/mol. The third kappa shape index (κ3) is 6.99. The van der Waals surface area contributed by atoms with Crippen LogP contribution in [-0.2, 0) is 10.0 Å². The first-order valence-electron chi connectivity index (χ1n) is 10.8. The molecule has 0 radical (unpaired) electrons. The van der Waals surface area contributed by atoms with E-state index in [4.69, 9.17) is 16.3 Å². The number of benzene rings is 2. The van der Waals surface area contributed by atoms with Gasteiger partial charge in [0.05, 0.1) is 17.2 Å². The topological polar surface area (TPSA) is 49.9 Å². The zero-order valence-electron chi connectivity index (χ0n) is 18.0. The Labute approximate surface area is 191 Å². The smallest absolute Gasteiger partial charge is 0.264 e. The molecule has 168 valence electrons. The summed E-state index contributed by atoms with van der Waals surface area (Å²) < 4.78 is 32.6. The van der Waals surface area contributed by atoms with E-state index in [-0.39, 0.29) is 4.90 Å². The van der Waals surface area contributed by atoms with Crippen LogP contribution in [0.2, 0.25) is 5.02 Å². The fourth-order valence-electron chi connectivity index (χ4n) is 3.53. The number of nitrogens with zero attached hydrogens (tertiary/aromatic N) is 2. The van der Waals surface area contributed by atoms with Gasteiger partial charge in [-0.1, -0.05) is 36.6 Å². The van der Waals surface area contributed by atoms with Gasteiger partial charge in [-0.2, -0.15) is 0 Å². The van der Waals surface area contributed by atoms with Gasteiger partial charge < -0.3 is 4.74 Å². The van der Waals surface area contributed by atoms with Gasteiger partial charge in [-0.05, 0) is 74.3 Å². The summed E-state index contributed by atoms with van der Waals surface area (Å²) in [6.07, 6.45) is 10.3. The molecular weight excluding hydrogens is 432 g/mol. The Morgan fingerprint density at radius 3 is 2.35 bits per heavy atom. The van der Waals surface area contributed by atoms with E-state index in [1.807, 2.05) is 12.1 Å². The molecule has 2 aromatic rings. The number of anilines is 1. The van der Waals surface area contributed by atoms with Crippen LogP contribution in [0.1, 0.15) is 32.1 Å². The lowest BCUT2D eigenvalue weighted by Crippen LogP contribution is -2.28. The van der Waals surface area contributed by atoms with Crippen molar-refractivity contribution in [1.82, 2.24) is 4.90 Å². The van der Waals surface area contributed by atoms with Crippen LogP contribution in [-0.4, -0.2) is 46.6 Å². The second-order valence-corrected chi connectivity index (χ2v) is 10.1. The third-order valence-corrected chi connectivity index (χ3v) is 7.50. The van der Waals surface area contributed by atoms with Crippen molar-refractivity contribution in [3.05, 3.63) is 65.7 Å². The SMILES string of the molecule is CN(c1ccc(OCCCCCCN2CC=CCC2)cc1)S(=O)(=O)c1ccc(Cl)cc1. The molecule has 31 heavy (non-hydrogen) atoms. The van der Waals surface area contributed by atoms with E-state index >= 15 is 0 Å². The van der Waals surface area contributed by atoms with Crippen molar-refractivity contribution >= 4 is 27.3 Å². The normalized spacial score (nSPS) is 14.5. The van der Waals surface area contributed by atoms with Crippen molar-refractivity contribution in [2.75, 3.05) is 37.6 Å². The molecule has 0 spiro atoms. The number of hydrogen-bond donors (Lipinski definition) is 0. The predicted octanol–water partition coefficient (Wildman–Crippen LogP) is 5.37. The van der Waals surface area contributed by atoms with Crippen molar-refractivity contribution in [3.63, 3.8) is 0 Å². The zero-order valence-corrected chi connectivity index (χ0v) is 19.6. The van der Waals surface area contributed by atoms with E-state index in [2.05, 4.69) is 17.1 Å². The van der Waals surface area contributed by atoms with Crippen molar-refractivity contribution < 1.29 is 13.2 Å². The average molecular weight is 463 g/mol. The lowest BCUT2D eigenvalue weighted by molar-refractivity contribution is 0.281. The number of sulfonamides is 1. The summed E-state index contributed by atoms with van der Waals surface area (Å²) in [4.78, 5) is 2.71. The minimum Gasteiger partial charge on any atom is -0.494 e. The highest BCUT2D eigenvalue weighted by molar-refractivity contribution is 7.92. The van der Waals surface area contributed by atoms with Gasteiger partial charge >= 0.3 is 0 Å². The molecule has 0 N–H and O–H groups in total. The second-order valence-electron chi connectivity index (χ2n) is 7.74. The molecule has 1 aliphatic rings. The van der Waals surface area contributed by atoms with E-state index in [0.717, 1.165) is 25.1 Å². The van der Waals surface area contributed by atoms with E-state index < -0.39 is 10.0 Å². The van der Waals surface area contributed by atoms with E-state index in [9.17, 15) is 8.42 Å². The van der Waals surface area contributed by atoms with Gasteiger partial charge in [0.2, 0.25) is 0 Å². The Balaban J connectivity index is 1.39. The van der Waals surface area contributed by atoms with Gasteiger partial charge in [0.15, 0.2) is 0 Å². The van der Waals surface area contributed by atoms with Crippen LogP contribution in [0, 0.1) is 0 Å². The van der Waals surface area contributed by atoms with Crippen LogP contribution < -0.4 is 9.04 Å². The lowest BCUT2D eigenvalue weighted by atomic mass is 10.1. The first kappa shape index (κ1) is 23.6. The maximum absolute atomic E-state index is 12.8. The van der Waals surface area contributed by atoms with Crippen molar-refractivity contribution in [2.24, 2.45) is 0 Å². The lowest BCUT2D eigenvalue weighted by Gasteiger charge is -2.22. The van der Waals surface area contributed by atoms with Gasteiger partial charge in [0.25, 0.3) is 10.0 Å². The molecule has 0 unspecified atom stereocenters. The van der Waals surface area contributed by atoms with Gasteiger partial charge in [0, 0.05) is 25.2 Å². The molecule has 0 fully saturated rings. The van der Waals surface area contributed by atoms with Crippen LogP contribution in [0.3, 0.4) is 0 Å². The molecular formula is C24H31ClN2O3S. The number of rotatable bonds is 11. The largest absolute Gasteiger partial charge is 0.494 e. The van der Waals surface area contributed by atoms with Crippen LogP contribution in [0.15, 0.2) is 65.6 Å². The van der Waals surface area contributed by atoms with Crippen LogP contribution in [0.25, 0.3) is 0 Å². The molecule has 0 atom stereocenters. The van der Waals surface area contributed by atoms with E-state index in [0.29, 0.717) is 17.3 Å². The van der Waals surface area contributed by atoms with Crippen LogP contribution in [0.4, 0.5) is 5.69 Å². The molecule has 2 aromatic carbocycles. The van der Waals surface area contributed by atoms with Crippen molar-refractivity contribution in [1.29, 1.82) is 0 Å². The average Bonchev–Trinajstić information content (AvgIpc) is 2.79. The summed E-state index contributed by atoms with van der Waals surface area (Å²) in [5.74, 6) is 0.751. The molecule has 0 aliphatic carbocycles. The second kappa shape index (κ2) is 11.6. The molecule has 7 heteroatoms. The predicted molar refractivity (Wildman–Crippen MR) is 128 cm³/mol. The van der Waals surface area contributed by atoms with Crippen molar-refractivity contribution in [3.8, 4) is 5.75 Å². The summed E-state index contributed by atoms with van der Waals surface area (Å²) in [7, 11) is -2.09. The number of hydrogen-bond acceptors (Lipinski definition) is 4. The van der Waals surface area contributed by atoms with Crippen molar-refractivity contribution in [2.45, 2.75) is 37.0 Å². The molecule has 1 aliphatic heterocycles. The Hall–Kier alpha value is -2.02. The fraction of sp³-hybridized carbons (Fsp3) is 0.417. The van der Waals surface area contributed by atoms with Gasteiger partial charge in [0.1, 0.15) is 5.75 Å². The molecule has 0 bridgehead atoms. The highest BCUT2D eigenvalue weighted by atomic mass is 35.5. The molecule has 0 aromatic heterocycles. The minimum absolute atomic E-state index is 0.205. The Morgan fingerprint density at radius 2 is 1.68 bits per heavy atom. The molecule has 3 rings (SSSR count). The minimum atomic E-state index is -3.63. The molecule has 5 nitrogen and oxygen atoms in total. The highest BCUT2D eigenvalue weighted by Crippen LogP contribution is 2.25. The summed E-state index contributed by atoms with van der Waals surface area (Å²) >= 11 is 5.86. The third-order valence-electron chi connectivity index (χ3n) is 5.45. The first-order chi connectivity index (χ1) is 15.0. The summed E-state index contributed by atoms with van der Waals surface area (Å²) in [6.45, 7) is 4.13. The molecule has 0 amide bonds. The first-order valence-corrected chi connectivity index (χ1v) is 12.6. The highest BCUT2D eigenvalue weighted by Gasteiger charge is 2.21. The summed E-state index contributed by atoms with van der Waals surface area (Å²) in [5.41, 5.74) is 0.579. The maximum Gasteiger partial charge on any atom is 0.264 e. The number of halogens is 1. The Morgan fingerprint density at radius 1 is 0.968 bits per heavy atom. The zero-order chi connectivity index (χ0) is 22.1. The molecule has 0 saturated heterocycles. The summed E-state index contributed by atoms with van der Waals surface area (Å²) in [5, 5.41) is 0.502. The Bertz CT molecular complexity index is 944. The van der Waals surface area contributed by atoms with E-state index in [1.165, 1.54) is 48.8 Å². The fourth-order valence-corrected chi connectivity index (χ4v) is 4.85. The quantitative estimate of drug-likeness (QED) is 0.333. The van der Waals surface area contributed by atoms with Gasteiger partial charge in [-0.3, -0.25) is 9.21 Å².